The third-order valence-electron chi connectivity index (χ3n) is 3.39. The van der Waals surface area contributed by atoms with Crippen molar-refractivity contribution >= 4 is 9.84 Å². The Balaban J connectivity index is 1.85. The highest BCUT2D eigenvalue weighted by molar-refractivity contribution is 7.91. The van der Waals surface area contributed by atoms with Gasteiger partial charge in [-0.3, -0.25) is 0 Å². The number of rotatable bonds is 2. The van der Waals surface area contributed by atoms with E-state index in [9.17, 15) is 8.42 Å². The lowest BCUT2D eigenvalue weighted by molar-refractivity contribution is 0.381. The van der Waals surface area contributed by atoms with Crippen molar-refractivity contribution in [2.24, 2.45) is 11.8 Å². The predicted octanol–water partition coefficient (Wildman–Crippen LogP) is 0.811. The maximum Gasteiger partial charge on any atom is 0.150 e. The predicted molar refractivity (Wildman–Crippen MR) is 57.0 cm³/mol. The number of hydrogen-bond donors (Lipinski definition) is 1. The molecule has 0 bridgehead atoms. The van der Waals surface area contributed by atoms with Gasteiger partial charge in [0.15, 0.2) is 9.84 Å². The van der Waals surface area contributed by atoms with Crippen molar-refractivity contribution in [3.05, 3.63) is 0 Å². The van der Waals surface area contributed by atoms with Gasteiger partial charge in [0.1, 0.15) is 0 Å². The number of nitrogens with one attached hydrogen (secondary N) is 1. The first-order valence-corrected chi connectivity index (χ1v) is 7.39. The molecular formula is C10H19NO2S. The standard InChI is InChI=1S/C10H19NO2S/c12-14(13)5-1-2-10(8-14)6-9-3-4-11-7-9/h9-11H,1-8H2. The normalized spacial score (nSPS) is 37.1. The van der Waals surface area contributed by atoms with Gasteiger partial charge in [-0.15, -0.1) is 0 Å². The summed E-state index contributed by atoms with van der Waals surface area (Å²) in [5.74, 6) is 2.04. The molecule has 0 spiro atoms. The molecule has 1 N–H and O–H groups in total. The van der Waals surface area contributed by atoms with Gasteiger partial charge >= 0.3 is 0 Å². The van der Waals surface area contributed by atoms with Gasteiger partial charge in [-0.25, -0.2) is 8.42 Å². The van der Waals surface area contributed by atoms with Crippen molar-refractivity contribution in [3.63, 3.8) is 0 Å². The molecule has 3 nitrogen and oxygen atoms in total. The summed E-state index contributed by atoms with van der Waals surface area (Å²) in [6, 6.07) is 0. The third-order valence-corrected chi connectivity index (χ3v) is 5.28. The van der Waals surface area contributed by atoms with Crippen molar-refractivity contribution in [1.29, 1.82) is 0 Å². The monoisotopic (exact) mass is 217 g/mol. The van der Waals surface area contributed by atoms with Crippen LogP contribution in [0.3, 0.4) is 0 Å². The van der Waals surface area contributed by atoms with E-state index in [-0.39, 0.29) is 0 Å². The van der Waals surface area contributed by atoms with Crippen LogP contribution in [0.25, 0.3) is 0 Å². The lowest BCUT2D eigenvalue weighted by Crippen LogP contribution is -2.27. The molecule has 0 aliphatic carbocycles. The molecule has 2 atom stereocenters. The molecule has 82 valence electrons. The van der Waals surface area contributed by atoms with E-state index in [0.29, 0.717) is 17.4 Å². The van der Waals surface area contributed by atoms with Gasteiger partial charge in [-0.1, -0.05) is 0 Å². The van der Waals surface area contributed by atoms with E-state index < -0.39 is 9.84 Å². The molecule has 4 heteroatoms. The second-order valence-corrected chi connectivity index (χ2v) is 6.95. The number of hydrogen-bond acceptors (Lipinski definition) is 3. The maximum atomic E-state index is 11.4. The second-order valence-electron chi connectivity index (χ2n) is 4.72. The van der Waals surface area contributed by atoms with E-state index in [1.54, 1.807) is 0 Å². The smallest absolute Gasteiger partial charge is 0.150 e. The van der Waals surface area contributed by atoms with E-state index in [0.717, 1.165) is 38.3 Å². The minimum atomic E-state index is -2.69. The van der Waals surface area contributed by atoms with Crippen LogP contribution in [-0.4, -0.2) is 33.0 Å². The summed E-state index contributed by atoms with van der Waals surface area (Å²) in [5, 5.41) is 3.33. The molecular weight excluding hydrogens is 198 g/mol. The first-order valence-electron chi connectivity index (χ1n) is 5.57. The topological polar surface area (TPSA) is 46.2 Å². The zero-order valence-corrected chi connectivity index (χ0v) is 9.35. The molecule has 0 aromatic rings. The Labute approximate surface area is 86.2 Å². The fraction of sp³-hybridized carbons (Fsp3) is 1.00. The Hall–Kier alpha value is -0.0900. The summed E-state index contributed by atoms with van der Waals surface area (Å²) in [7, 11) is -2.69. The lowest BCUT2D eigenvalue weighted by atomic mass is 9.92. The van der Waals surface area contributed by atoms with Gasteiger partial charge in [0.2, 0.25) is 0 Å². The molecule has 0 aromatic heterocycles. The van der Waals surface area contributed by atoms with Crippen molar-refractivity contribution in [3.8, 4) is 0 Å². The third kappa shape index (κ3) is 2.70. The van der Waals surface area contributed by atoms with Gasteiger partial charge in [0.25, 0.3) is 0 Å². The molecule has 2 rings (SSSR count). The van der Waals surface area contributed by atoms with Gasteiger partial charge in [0, 0.05) is 0 Å². The molecule has 2 fully saturated rings. The van der Waals surface area contributed by atoms with Gasteiger partial charge in [0.05, 0.1) is 11.5 Å². The molecule has 0 aromatic carbocycles. The highest BCUT2D eigenvalue weighted by Gasteiger charge is 2.27. The zero-order valence-electron chi connectivity index (χ0n) is 8.54. The van der Waals surface area contributed by atoms with E-state index in [1.165, 1.54) is 6.42 Å². The molecule has 2 saturated heterocycles. The van der Waals surface area contributed by atoms with Crippen LogP contribution < -0.4 is 5.32 Å². The van der Waals surface area contributed by atoms with Crippen molar-refractivity contribution in [2.45, 2.75) is 25.7 Å². The van der Waals surface area contributed by atoms with E-state index in [1.807, 2.05) is 0 Å². The largest absolute Gasteiger partial charge is 0.316 e. The van der Waals surface area contributed by atoms with Crippen LogP contribution in [0.2, 0.25) is 0 Å². The van der Waals surface area contributed by atoms with Crippen molar-refractivity contribution < 1.29 is 8.42 Å². The van der Waals surface area contributed by atoms with Gasteiger partial charge < -0.3 is 5.32 Å². The maximum absolute atomic E-state index is 11.4. The second kappa shape index (κ2) is 4.19. The molecule has 14 heavy (non-hydrogen) atoms. The van der Waals surface area contributed by atoms with E-state index in [4.69, 9.17) is 0 Å². The molecule has 2 heterocycles. The fourth-order valence-corrected chi connectivity index (χ4v) is 4.48. The minimum absolute atomic E-state index is 0.423. The molecule has 0 amide bonds. The summed E-state index contributed by atoms with van der Waals surface area (Å²) in [6.45, 7) is 2.21. The van der Waals surface area contributed by atoms with Crippen LogP contribution in [0.5, 0.6) is 0 Å². The summed E-state index contributed by atoms with van der Waals surface area (Å²) in [5.41, 5.74) is 0. The van der Waals surface area contributed by atoms with Crippen LogP contribution >= 0.6 is 0 Å². The quantitative estimate of drug-likeness (QED) is 0.744. The van der Waals surface area contributed by atoms with Crippen LogP contribution in [0.4, 0.5) is 0 Å². The molecule has 2 aliphatic heterocycles. The van der Waals surface area contributed by atoms with Crippen molar-refractivity contribution in [2.75, 3.05) is 24.6 Å². The Kier molecular flexibility index (Phi) is 3.12. The zero-order chi connectivity index (χ0) is 10.0. The van der Waals surface area contributed by atoms with Gasteiger partial charge in [-0.2, -0.15) is 0 Å². The van der Waals surface area contributed by atoms with E-state index in [2.05, 4.69) is 5.32 Å². The Bertz CT molecular complexity index is 280. The lowest BCUT2D eigenvalue weighted by Gasteiger charge is -2.24. The molecule has 0 saturated carbocycles. The highest BCUT2D eigenvalue weighted by Crippen LogP contribution is 2.27. The minimum Gasteiger partial charge on any atom is -0.316 e. The van der Waals surface area contributed by atoms with Crippen LogP contribution in [-0.2, 0) is 9.84 Å². The average molecular weight is 217 g/mol. The molecule has 2 aliphatic rings. The Morgan fingerprint density at radius 2 is 2.07 bits per heavy atom. The first-order chi connectivity index (χ1) is 6.66. The first kappa shape index (κ1) is 10.4. The average Bonchev–Trinajstić information content (AvgIpc) is 2.54. The molecule has 0 radical (unpaired) electrons. The van der Waals surface area contributed by atoms with Crippen LogP contribution in [0.15, 0.2) is 0 Å². The van der Waals surface area contributed by atoms with E-state index >= 15 is 0 Å². The summed E-state index contributed by atoms with van der Waals surface area (Å²) in [4.78, 5) is 0. The SMILES string of the molecule is O=S1(=O)CCCC(CC2CCNC2)C1. The summed E-state index contributed by atoms with van der Waals surface area (Å²) in [6.07, 6.45) is 4.35. The van der Waals surface area contributed by atoms with Crippen LogP contribution in [0.1, 0.15) is 25.7 Å². The Morgan fingerprint density at radius 1 is 1.21 bits per heavy atom. The summed E-state index contributed by atoms with van der Waals surface area (Å²) >= 11 is 0. The molecule has 2 unspecified atom stereocenters. The fourth-order valence-electron chi connectivity index (χ4n) is 2.69. The van der Waals surface area contributed by atoms with Gasteiger partial charge in [-0.05, 0) is 50.6 Å². The Morgan fingerprint density at radius 3 is 2.71 bits per heavy atom. The van der Waals surface area contributed by atoms with Crippen LogP contribution in [0, 0.1) is 11.8 Å². The summed E-state index contributed by atoms with van der Waals surface area (Å²) < 4.78 is 22.8. The van der Waals surface area contributed by atoms with Crippen molar-refractivity contribution in [1.82, 2.24) is 5.32 Å². The highest BCUT2D eigenvalue weighted by atomic mass is 32.2. The number of sulfone groups is 1.